The number of amides is 2. The zero-order chi connectivity index (χ0) is 33.5. The number of ether oxygens (including phenoxy) is 4. The van der Waals surface area contributed by atoms with E-state index in [0.717, 1.165) is 15.4 Å². The Morgan fingerprint density at radius 1 is 0.844 bits per heavy atom. The second-order valence-electron chi connectivity index (χ2n) is 11.4. The number of rotatable bonds is 13. The Hall–Kier alpha value is -4.45. The molecule has 0 fully saturated rings. The van der Waals surface area contributed by atoms with E-state index >= 15 is 0 Å². The largest absolute Gasteiger partial charge is 0.497 e. The van der Waals surface area contributed by atoms with E-state index < -0.39 is 34.1 Å². The van der Waals surface area contributed by atoms with Crippen LogP contribution in [0.4, 0.5) is 5.69 Å². The second-order valence-corrected chi connectivity index (χ2v) is 13.3. The predicted octanol–water partition coefficient (Wildman–Crippen LogP) is 4.56. The summed E-state index contributed by atoms with van der Waals surface area (Å²) in [5.74, 6) is 0.0794. The molecular weight excluding hydrogens is 598 g/mol. The molecule has 0 bridgehead atoms. The maximum atomic E-state index is 14.4. The van der Waals surface area contributed by atoms with Crippen LogP contribution in [0.2, 0.25) is 0 Å². The summed E-state index contributed by atoms with van der Waals surface area (Å²) in [6, 6.07) is 15.4. The molecule has 0 radical (unpaired) electrons. The van der Waals surface area contributed by atoms with Crippen molar-refractivity contribution in [2.75, 3.05) is 39.3 Å². The molecule has 0 unspecified atom stereocenters. The molecule has 0 spiro atoms. The van der Waals surface area contributed by atoms with Crippen molar-refractivity contribution in [2.45, 2.75) is 57.6 Å². The molecule has 2 amide bonds. The summed E-state index contributed by atoms with van der Waals surface area (Å²) < 4.78 is 51.4. The summed E-state index contributed by atoms with van der Waals surface area (Å²) in [4.78, 5) is 28.9. The number of hydrogen-bond acceptors (Lipinski definition) is 8. The van der Waals surface area contributed by atoms with Crippen LogP contribution in [0.3, 0.4) is 0 Å². The van der Waals surface area contributed by atoms with Crippen LogP contribution in [0.15, 0.2) is 65.6 Å². The molecule has 45 heavy (non-hydrogen) atoms. The third kappa shape index (κ3) is 8.39. The van der Waals surface area contributed by atoms with Crippen molar-refractivity contribution in [2.24, 2.45) is 0 Å². The Morgan fingerprint density at radius 3 is 2.04 bits per heavy atom. The average molecular weight is 642 g/mol. The summed E-state index contributed by atoms with van der Waals surface area (Å²) in [6.07, 6.45) is 0. The van der Waals surface area contributed by atoms with Gasteiger partial charge in [0.2, 0.25) is 11.8 Å². The van der Waals surface area contributed by atoms with Crippen LogP contribution < -0.4 is 28.6 Å². The quantitative estimate of drug-likeness (QED) is 0.288. The van der Waals surface area contributed by atoms with E-state index in [-0.39, 0.29) is 34.5 Å². The fraction of sp³-hybridized carbons (Fsp3) is 0.394. The van der Waals surface area contributed by atoms with E-state index in [0.29, 0.717) is 11.5 Å². The van der Waals surface area contributed by atoms with Gasteiger partial charge in [-0.25, -0.2) is 8.42 Å². The lowest BCUT2D eigenvalue weighted by molar-refractivity contribution is -0.140. The van der Waals surface area contributed by atoms with Gasteiger partial charge in [-0.1, -0.05) is 24.3 Å². The molecule has 244 valence electrons. The van der Waals surface area contributed by atoms with Crippen molar-refractivity contribution in [1.82, 2.24) is 10.2 Å². The number of benzene rings is 3. The zero-order valence-electron chi connectivity index (χ0n) is 27.3. The fourth-order valence-electron chi connectivity index (χ4n) is 4.64. The number of carbonyl (C=O) groups is 2. The molecule has 1 atom stereocenters. The first kappa shape index (κ1) is 35.0. The number of methoxy groups -OCH3 is 4. The summed E-state index contributed by atoms with van der Waals surface area (Å²) in [6.45, 7) is 8.49. The van der Waals surface area contributed by atoms with Gasteiger partial charge in [0, 0.05) is 24.2 Å². The highest BCUT2D eigenvalue weighted by Gasteiger charge is 2.35. The smallest absolute Gasteiger partial charge is 0.265 e. The van der Waals surface area contributed by atoms with E-state index in [4.69, 9.17) is 18.9 Å². The summed E-state index contributed by atoms with van der Waals surface area (Å²) >= 11 is 0. The number of aryl methyl sites for hydroxylation is 1. The Balaban J connectivity index is 2.19. The van der Waals surface area contributed by atoms with Crippen LogP contribution in [0.5, 0.6) is 23.0 Å². The number of anilines is 1. The zero-order valence-corrected chi connectivity index (χ0v) is 28.2. The fourth-order valence-corrected chi connectivity index (χ4v) is 6.07. The molecule has 1 N–H and O–H groups in total. The van der Waals surface area contributed by atoms with Crippen molar-refractivity contribution < 1.29 is 37.0 Å². The van der Waals surface area contributed by atoms with Crippen molar-refractivity contribution in [3.8, 4) is 23.0 Å². The molecule has 0 aliphatic carbocycles. The van der Waals surface area contributed by atoms with Gasteiger partial charge in [-0.15, -0.1) is 0 Å². The minimum Gasteiger partial charge on any atom is -0.497 e. The molecule has 0 heterocycles. The molecule has 0 aromatic heterocycles. The predicted molar refractivity (Wildman–Crippen MR) is 173 cm³/mol. The van der Waals surface area contributed by atoms with Crippen LogP contribution >= 0.6 is 0 Å². The molecule has 3 rings (SSSR count). The normalized spacial score (nSPS) is 12.1. The first-order valence-electron chi connectivity index (χ1n) is 14.3. The van der Waals surface area contributed by atoms with Crippen molar-refractivity contribution in [1.29, 1.82) is 0 Å². The van der Waals surface area contributed by atoms with Gasteiger partial charge in [0.25, 0.3) is 10.0 Å². The van der Waals surface area contributed by atoms with Crippen LogP contribution in [0.25, 0.3) is 0 Å². The SMILES string of the molecule is COc1ccc(OC)c(N(CC(=O)N(Cc2ccccc2C)[C@H](C)C(=O)NC(C)(C)C)S(=O)(=O)c2ccc(OC)c(OC)c2)c1. The molecule has 0 saturated carbocycles. The molecule has 0 aliphatic heterocycles. The Morgan fingerprint density at radius 2 is 1.47 bits per heavy atom. The second kappa shape index (κ2) is 14.6. The third-order valence-corrected chi connectivity index (χ3v) is 8.90. The van der Waals surface area contributed by atoms with E-state index in [1.54, 1.807) is 19.1 Å². The van der Waals surface area contributed by atoms with Crippen molar-refractivity contribution >= 4 is 27.5 Å². The highest BCUT2D eigenvalue weighted by Crippen LogP contribution is 2.38. The van der Waals surface area contributed by atoms with Gasteiger partial charge < -0.3 is 29.2 Å². The van der Waals surface area contributed by atoms with E-state index in [1.165, 1.54) is 57.6 Å². The van der Waals surface area contributed by atoms with Gasteiger partial charge in [-0.3, -0.25) is 13.9 Å². The monoisotopic (exact) mass is 641 g/mol. The molecule has 0 saturated heterocycles. The van der Waals surface area contributed by atoms with Gasteiger partial charge in [0.15, 0.2) is 11.5 Å². The molecule has 11 nitrogen and oxygen atoms in total. The summed E-state index contributed by atoms with van der Waals surface area (Å²) in [7, 11) is 1.25. The molecular formula is C33H43N3O8S. The highest BCUT2D eigenvalue weighted by atomic mass is 32.2. The number of sulfonamides is 1. The van der Waals surface area contributed by atoms with E-state index in [9.17, 15) is 18.0 Å². The van der Waals surface area contributed by atoms with Gasteiger partial charge in [-0.05, 0) is 70.0 Å². The van der Waals surface area contributed by atoms with E-state index in [1.807, 2.05) is 52.0 Å². The minimum atomic E-state index is -4.44. The number of nitrogens with zero attached hydrogens (tertiary/aromatic N) is 2. The van der Waals surface area contributed by atoms with Crippen molar-refractivity contribution in [3.63, 3.8) is 0 Å². The van der Waals surface area contributed by atoms with Crippen LogP contribution in [0, 0.1) is 6.92 Å². The third-order valence-electron chi connectivity index (χ3n) is 7.14. The standard InChI is InChI=1S/C33H43N3O8S/c1-22-12-10-11-13-24(22)20-35(23(2)32(38)34-33(3,4)5)31(37)21-36(27-18-25(41-6)14-16-28(27)42-7)45(39,40)26-15-17-29(43-8)30(19-26)44-9/h10-19,23H,20-21H2,1-9H3,(H,34,38)/t23-/m1/s1. The van der Waals surface area contributed by atoms with Gasteiger partial charge in [0.05, 0.1) is 39.0 Å². The Bertz CT molecular complexity index is 1620. The molecule has 3 aromatic rings. The van der Waals surface area contributed by atoms with Crippen LogP contribution in [-0.4, -0.2) is 71.7 Å². The number of hydrogen-bond donors (Lipinski definition) is 1. The molecule has 0 aliphatic rings. The summed E-state index contributed by atoms with van der Waals surface area (Å²) in [5, 5.41) is 2.93. The average Bonchev–Trinajstić information content (AvgIpc) is 3.01. The highest BCUT2D eigenvalue weighted by molar-refractivity contribution is 7.92. The minimum absolute atomic E-state index is 0.0719. The molecule has 12 heteroatoms. The lowest BCUT2D eigenvalue weighted by Gasteiger charge is -2.34. The Kier molecular flexibility index (Phi) is 11.3. The maximum Gasteiger partial charge on any atom is 0.265 e. The Labute approximate surface area is 266 Å². The number of carbonyl (C=O) groups excluding carboxylic acids is 2. The first-order valence-corrected chi connectivity index (χ1v) is 15.7. The van der Waals surface area contributed by atoms with Gasteiger partial charge >= 0.3 is 0 Å². The van der Waals surface area contributed by atoms with Crippen LogP contribution in [-0.2, 0) is 26.2 Å². The lowest BCUT2D eigenvalue weighted by Crippen LogP contribution is -2.54. The first-order chi connectivity index (χ1) is 21.2. The van der Waals surface area contributed by atoms with Gasteiger partial charge in [-0.2, -0.15) is 0 Å². The molecule has 3 aromatic carbocycles. The van der Waals surface area contributed by atoms with Crippen LogP contribution in [0.1, 0.15) is 38.8 Å². The van der Waals surface area contributed by atoms with Crippen molar-refractivity contribution in [3.05, 3.63) is 71.8 Å². The summed E-state index contributed by atoms with van der Waals surface area (Å²) in [5.41, 5.74) is 1.25. The maximum absolute atomic E-state index is 14.4. The van der Waals surface area contributed by atoms with Gasteiger partial charge in [0.1, 0.15) is 24.1 Å². The number of nitrogens with one attached hydrogen (secondary N) is 1. The topological polar surface area (TPSA) is 124 Å². The lowest BCUT2D eigenvalue weighted by atomic mass is 10.1. The van der Waals surface area contributed by atoms with E-state index in [2.05, 4.69) is 5.32 Å².